The molecule has 2 unspecified atom stereocenters. The van der Waals surface area contributed by atoms with Gasteiger partial charge in [0.25, 0.3) is 5.56 Å². The van der Waals surface area contributed by atoms with Gasteiger partial charge in [-0.2, -0.15) is 5.10 Å². The molecule has 116 valence electrons. The summed E-state index contributed by atoms with van der Waals surface area (Å²) in [5.41, 5.74) is 1.83. The fourth-order valence-electron chi connectivity index (χ4n) is 2.72. The number of rotatable bonds is 2. The maximum atomic E-state index is 12.1. The quantitative estimate of drug-likeness (QED) is 0.822. The van der Waals surface area contributed by atoms with Crippen LogP contribution in [0.4, 0.5) is 5.69 Å². The molecule has 2 atom stereocenters. The molecule has 0 N–H and O–H groups in total. The van der Waals surface area contributed by atoms with E-state index in [0.29, 0.717) is 11.0 Å². The van der Waals surface area contributed by atoms with Gasteiger partial charge in [-0.1, -0.05) is 30.3 Å². The summed E-state index contributed by atoms with van der Waals surface area (Å²) in [6, 6.07) is 10.2. The third kappa shape index (κ3) is 2.94. The minimum absolute atomic E-state index is 0.0130. The van der Waals surface area contributed by atoms with E-state index in [1.807, 2.05) is 25.1 Å². The molecule has 0 radical (unpaired) electrons. The lowest BCUT2D eigenvalue weighted by Crippen LogP contribution is -2.43. The van der Waals surface area contributed by atoms with Crippen molar-refractivity contribution in [2.24, 2.45) is 7.05 Å². The Balaban J connectivity index is 1.92. The average molecular weight is 364 g/mol. The summed E-state index contributed by atoms with van der Waals surface area (Å²) in [5, 5.41) is 4.13. The molecule has 6 heteroatoms. The number of hydrogen-bond donors (Lipinski definition) is 0. The fraction of sp³-hybridized carbons (Fsp3) is 0.375. The molecule has 2 heterocycles. The van der Waals surface area contributed by atoms with Crippen molar-refractivity contribution in [3.8, 4) is 0 Å². The number of benzene rings is 1. The number of ether oxygens (including phenoxy) is 1. The van der Waals surface area contributed by atoms with Crippen molar-refractivity contribution in [1.29, 1.82) is 0 Å². The third-order valence-electron chi connectivity index (χ3n) is 3.83. The molecule has 0 aliphatic carbocycles. The van der Waals surface area contributed by atoms with Crippen molar-refractivity contribution in [1.82, 2.24) is 9.78 Å². The summed E-state index contributed by atoms with van der Waals surface area (Å²) in [4.78, 5) is 14.2. The van der Waals surface area contributed by atoms with Crippen molar-refractivity contribution < 1.29 is 4.74 Å². The second kappa shape index (κ2) is 6.22. The second-order valence-corrected chi connectivity index (χ2v) is 6.32. The number of anilines is 1. The second-order valence-electron chi connectivity index (χ2n) is 5.52. The topological polar surface area (TPSA) is 47.4 Å². The van der Waals surface area contributed by atoms with E-state index in [1.54, 1.807) is 13.2 Å². The average Bonchev–Trinajstić information content (AvgIpc) is 2.53. The van der Waals surface area contributed by atoms with Crippen LogP contribution in [0.15, 0.2) is 45.8 Å². The maximum absolute atomic E-state index is 12.1. The van der Waals surface area contributed by atoms with Gasteiger partial charge >= 0.3 is 0 Å². The number of aryl methyl sites for hydroxylation is 1. The van der Waals surface area contributed by atoms with Gasteiger partial charge < -0.3 is 9.64 Å². The van der Waals surface area contributed by atoms with E-state index in [1.165, 1.54) is 4.68 Å². The van der Waals surface area contributed by atoms with Gasteiger partial charge in [0.1, 0.15) is 10.6 Å². The van der Waals surface area contributed by atoms with Gasteiger partial charge in [-0.25, -0.2) is 4.68 Å². The predicted octanol–water partition coefficient (Wildman–Crippen LogP) is 2.51. The molecule has 5 nitrogen and oxygen atoms in total. The molecule has 0 bridgehead atoms. The zero-order valence-corrected chi connectivity index (χ0v) is 14.2. The molecule has 3 rings (SSSR count). The molecule has 1 aromatic heterocycles. The van der Waals surface area contributed by atoms with Crippen LogP contribution in [0.25, 0.3) is 0 Å². The molecule has 0 spiro atoms. The summed E-state index contributed by atoms with van der Waals surface area (Å²) < 4.78 is 7.93. The molecule has 1 aromatic carbocycles. The highest BCUT2D eigenvalue weighted by Crippen LogP contribution is 2.30. The summed E-state index contributed by atoms with van der Waals surface area (Å²) in [5.74, 6) is 0. The van der Waals surface area contributed by atoms with Crippen LogP contribution in [0.1, 0.15) is 18.6 Å². The van der Waals surface area contributed by atoms with Crippen molar-refractivity contribution in [3.05, 3.63) is 56.9 Å². The Labute approximate surface area is 137 Å². The highest BCUT2D eigenvalue weighted by Gasteiger charge is 2.28. The van der Waals surface area contributed by atoms with Crippen LogP contribution in [0.2, 0.25) is 0 Å². The molecular formula is C16H18BrN3O2. The minimum Gasteiger partial charge on any atom is -0.367 e. The molecule has 0 amide bonds. The smallest absolute Gasteiger partial charge is 0.282 e. The van der Waals surface area contributed by atoms with E-state index in [2.05, 4.69) is 38.1 Å². The summed E-state index contributed by atoms with van der Waals surface area (Å²) in [7, 11) is 1.64. The van der Waals surface area contributed by atoms with Gasteiger partial charge in [-0.15, -0.1) is 0 Å². The summed E-state index contributed by atoms with van der Waals surface area (Å²) in [6.45, 7) is 3.48. The van der Waals surface area contributed by atoms with Gasteiger partial charge in [-0.3, -0.25) is 4.79 Å². The van der Waals surface area contributed by atoms with Crippen LogP contribution in [-0.4, -0.2) is 29.0 Å². The lowest BCUT2D eigenvalue weighted by Gasteiger charge is -2.38. The van der Waals surface area contributed by atoms with Crippen molar-refractivity contribution in [2.45, 2.75) is 19.1 Å². The van der Waals surface area contributed by atoms with Crippen LogP contribution < -0.4 is 10.5 Å². The van der Waals surface area contributed by atoms with Crippen molar-refractivity contribution in [3.63, 3.8) is 0 Å². The number of halogens is 1. The van der Waals surface area contributed by atoms with Gasteiger partial charge in [0.05, 0.1) is 18.0 Å². The molecule has 1 aliphatic heterocycles. The van der Waals surface area contributed by atoms with Crippen molar-refractivity contribution >= 4 is 21.6 Å². The highest BCUT2D eigenvalue weighted by molar-refractivity contribution is 9.10. The van der Waals surface area contributed by atoms with Gasteiger partial charge in [0, 0.05) is 20.1 Å². The van der Waals surface area contributed by atoms with Gasteiger partial charge in [0.15, 0.2) is 0 Å². The molecule has 0 saturated carbocycles. The molecule has 1 fully saturated rings. The number of nitrogens with zero attached hydrogens (tertiary/aromatic N) is 3. The Morgan fingerprint density at radius 2 is 2.00 bits per heavy atom. The molecule has 1 saturated heterocycles. The van der Waals surface area contributed by atoms with E-state index in [9.17, 15) is 4.79 Å². The highest BCUT2D eigenvalue weighted by atomic mass is 79.9. The Hall–Kier alpha value is -1.66. The first-order valence-electron chi connectivity index (χ1n) is 7.23. The SMILES string of the molecule is CC1CN(c2cnn(C)c(=O)c2Br)CC(c2ccccc2)O1. The van der Waals surface area contributed by atoms with Crippen LogP contribution >= 0.6 is 15.9 Å². The zero-order valence-electron chi connectivity index (χ0n) is 12.6. The van der Waals surface area contributed by atoms with Crippen LogP contribution in [0.5, 0.6) is 0 Å². The Bertz CT molecular complexity index is 717. The normalized spacial score (nSPS) is 21.9. The summed E-state index contributed by atoms with van der Waals surface area (Å²) in [6.07, 6.45) is 1.79. The van der Waals surface area contributed by atoms with Crippen molar-refractivity contribution in [2.75, 3.05) is 18.0 Å². The van der Waals surface area contributed by atoms with Gasteiger partial charge in [0.2, 0.25) is 0 Å². The zero-order chi connectivity index (χ0) is 15.7. The number of aromatic nitrogens is 2. The van der Waals surface area contributed by atoms with Crippen LogP contribution in [0.3, 0.4) is 0 Å². The first kappa shape index (κ1) is 15.2. The standard InChI is InChI=1S/C16H18BrN3O2/c1-11-9-20(13-8-18-19(2)16(21)15(13)17)10-14(22-11)12-6-4-3-5-7-12/h3-8,11,14H,9-10H2,1-2H3. The predicted molar refractivity (Wildman–Crippen MR) is 89.1 cm³/mol. The monoisotopic (exact) mass is 363 g/mol. The van der Waals surface area contributed by atoms with E-state index in [-0.39, 0.29) is 17.8 Å². The molecule has 22 heavy (non-hydrogen) atoms. The van der Waals surface area contributed by atoms with E-state index >= 15 is 0 Å². The Morgan fingerprint density at radius 3 is 2.73 bits per heavy atom. The van der Waals surface area contributed by atoms with Crippen LogP contribution in [0, 0.1) is 0 Å². The van der Waals surface area contributed by atoms with Crippen LogP contribution in [-0.2, 0) is 11.8 Å². The molecular weight excluding hydrogens is 346 g/mol. The first-order valence-corrected chi connectivity index (χ1v) is 8.02. The van der Waals surface area contributed by atoms with Gasteiger partial charge in [-0.05, 0) is 28.4 Å². The third-order valence-corrected chi connectivity index (χ3v) is 4.58. The Morgan fingerprint density at radius 1 is 1.27 bits per heavy atom. The number of morpholine rings is 1. The van der Waals surface area contributed by atoms with E-state index < -0.39 is 0 Å². The van der Waals surface area contributed by atoms with E-state index in [4.69, 9.17) is 4.74 Å². The Kier molecular flexibility index (Phi) is 4.31. The number of hydrogen-bond acceptors (Lipinski definition) is 4. The summed E-state index contributed by atoms with van der Waals surface area (Å²) >= 11 is 3.41. The first-order chi connectivity index (χ1) is 10.6. The van der Waals surface area contributed by atoms with E-state index in [0.717, 1.165) is 17.8 Å². The lowest BCUT2D eigenvalue weighted by molar-refractivity contribution is -0.0174. The minimum atomic E-state index is -0.132. The molecule has 2 aromatic rings. The molecule has 1 aliphatic rings. The fourth-order valence-corrected chi connectivity index (χ4v) is 3.33. The lowest BCUT2D eigenvalue weighted by atomic mass is 10.1. The maximum Gasteiger partial charge on any atom is 0.282 e. The largest absolute Gasteiger partial charge is 0.367 e.